The normalized spacial score (nSPS) is 14.3. The molecular weight excluding hydrogens is 298 g/mol. The first kappa shape index (κ1) is 12.6. The zero-order chi connectivity index (χ0) is 12.3. The number of hydrogen-bond donors (Lipinski definition) is 1. The van der Waals surface area contributed by atoms with Crippen molar-refractivity contribution in [3.05, 3.63) is 51.1 Å². The average Bonchev–Trinajstić information content (AvgIpc) is 2.81. The van der Waals surface area contributed by atoms with E-state index in [1.807, 2.05) is 42.6 Å². The second-order valence-corrected chi connectivity index (χ2v) is 5.68. The van der Waals surface area contributed by atoms with Crippen molar-refractivity contribution < 1.29 is 4.74 Å². The van der Waals surface area contributed by atoms with Crippen LogP contribution in [-0.4, -0.2) is 6.04 Å². The molecule has 90 valence electrons. The third-order valence-corrected chi connectivity index (χ3v) is 3.98. The molecule has 2 rings (SSSR count). The first-order valence-electron chi connectivity index (χ1n) is 5.38. The van der Waals surface area contributed by atoms with Crippen LogP contribution in [0.25, 0.3) is 0 Å². The van der Waals surface area contributed by atoms with E-state index in [0.717, 1.165) is 15.1 Å². The molecule has 0 fully saturated rings. The minimum Gasteiger partial charge on any atom is -0.482 e. The maximum atomic E-state index is 5.99. The van der Waals surface area contributed by atoms with E-state index in [2.05, 4.69) is 22.0 Å². The van der Waals surface area contributed by atoms with Crippen LogP contribution < -0.4 is 10.5 Å². The summed E-state index contributed by atoms with van der Waals surface area (Å²) < 4.78 is 6.94. The molecule has 0 radical (unpaired) electrons. The van der Waals surface area contributed by atoms with Gasteiger partial charge in [0.05, 0.1) is 4.47 Å². The van der Waals surface area contributed by atoms with E-state index >= 15 is 0 Å². The maximum absolute atomic E-state index is 5.99. The zero-order valence-corrected chi connectivity index (χ0v) is 11.9. The van der Waals surface area contributed by atoms with Gasteiger partial charge in [0.25, 0.3) is 0 Å². The number of thiophene rings is 1. The predicted molar refractivity (Wildman–Crippen MR) is 75.5 cm³/mol. The van der Waals surface area contributed by atoms with E-state index < -0.39 is 0 Å². The molecule has 1 aromatic heterocycles. The number of halogens is 1. The van der Waals surface area contributed by atoms with Crippen LogP contribution in [-0.2, 0) is 0 Å². The Bertz CT molecular complexity index is 470. The van der Waals surface area contributed by atoms with Gasteiger partial charge in [0, 0.05) is 10.9 Å². The fourth-order valence-electron chi connectivity index (χ4n) is 1.55. The number of nitrogens with two attached hydrogens (primary N) is 1. The van der Waals surface area contributed by atoms with Crippen molar-refractivity contribution in [3.8, 4) is 5.75 Å². The SMILES string of the molecule is CC(N)C(Oc1ccccc1Br)c1cccs1. The molecule has 0 bridgehead atoms. The Morgan fingerprint density at radius 2 is 2.00 bits per heavy atom. The van der Waals surface area contributed by atoms with Gasteiger partial charge in [-0.25, -0.2) is 0 Å². The zero-order valence-electron chi connectivity index (χ0n) is 9.47. The summed E-state index contributed by atoms with van der Waals surface area (Å²) in [6.07, 6.45) is -0.103. The molecule has 0 saturated heterocycles. The van der Waals surface area contributed by atoms with Gasteiger partial charge in [-0.05, 0) is 46.4 Å². The van der Waals surface area contributed by atoms with Crippen LogP contribution >= 0.6 is 27.3 Å². The summed E-state index contributed by atoms with van der Waals surface area (Å²) in [5.74, 6) is 0.822. The van der Waals surface area contributed by atoms with E-state index in [4.69, 9.17) is 10.5 Å². The molecule has 2 atom stereocenters. The summed E-state index contributed by atoms with van der Waals surface area (Å²) in [5, 5.41) is 2.04. The molecule has 0 spiro atoms. The van der Waals surface area contributed by atoms with E-state index in [9.17, 15) is 0 Å². The Balaban J connectivity index is 2.23. The average molecular weight is 312 g/mol. The highest BCUT2D eigenvalue weighted by atomic mass is 79.9. The van der Waals surface area contributed by atoms with Crippen molar-refractivity contribution in [2.75, 3.05) is 0 Å². The Morgan fingerprint density at radius 3 is 2.59 bits per heavy atom. The Morgan fingerprint density at radius 1 is 1.24 bits per heavy atom. The van der Waals surface area contributed by atoms with Gasteiger partial charge in [0.1, 0.15) is 11.9 Å². The van der Waals surface area contributed by atoms with E-state index in [1.54, 1.807) is 11.3 Å². The predicted octanol–water partition coefficient (Wildman–Crippen LogP) is 3.98. The van der Waals surface area contributed by atoms with E-state index in [0.29, 0.717) is 0 Å². The highest BCUT2D eigenvalue weighted by Crippen LogP contribution is 2.31. The summed E-state index contributed by atoms with van der Waals surface area (Å²) in [6, 6.07) is 11.8. The molecule has 17 heavy (non-hydrogen) atoms. The maximum Gasteiger partial charge on any atom is 0.148 e. The highest BCUT2D eigenvalue weighted by Gasteiger charge is 2.19. The van der Waals surface area contributed by atoms with Crippen LogP contribution in [0, 0.1) is 0 Å². The van der Waals surface area contributed by atoms with Crippen molar-refractivity contribution in [1.29, 1.82) is 0 Å². The molecule has 0 saturated carbocycles. The topological polar surface area (TPSA) is 35.2 Å². The molecule has 2 N–H and O–H groups in total. The van der Waals surface area contributed by atoms with Crippen LogP contribution in [0.2, 0.25) is 0 Å². The van der Waals surface area contributed by atoms with Gasteiger partial charge in [-0.3, -0.25) is 0 Å². The van der Waals surface area contributed by atoms with Crippen LogP contribution in [0.4, 0.5) is 0 Å². The first-order chi connectivity index (χ1) is 8.18. The molecular formula is C13H14BrNOS. The number of para-hydroxylation sites is 1. The molecule has 2 nitrogen and oxygen atoms in total. The van der Waals surface area contributed by atoms with Gasteiger partial charge in [-0.2, -0.15) is 0 Å². The molecule has 1 aromatic carbocycles. The summed E-state index contributed by atoms with van der Waals surface area (Å²) in [7, 11) is 0. The van der Waals surface area contributed by atoms with E-state index in [1.165, 1.54) is 0 Å². The van der Waals surface area contributed by atoms with Gasteiger partial charge in [0.2, 0.25) is 0 Å². The van der Waals surface area contributed by atoms with E-state index in [-0.39, 0.29) is 12.1 Å². The lowest BCUT2D eigenvalue weighted by molar-refractivity contribution is 0.183. The van der Waals surface area contributed by atoms with Gasteiger partial charge in [-0.15, -0.1) is 11.3 Å². The summed E-state index contributed by atoms with van der Waals surface area (Å²) in [4.78, 5) is 1.15. The minimum absolute atomic E-state index is 0.0549. The van der Waals surface area contributed by atoms with Crippen molar-refractivity contribution >= 4 is 27.3 Å². The van der Waals surface area contributed by atoms with Gasteiger partial charge in [0.15, 0.2) is 0 Å². The van der Waals surface area contributed by atoms with Crippen LogP contribution in [0.5, 0.6) is 5.75 Å². The molecule has 2 aromatic rings. The molecule has 1 heterocycles. The molecule has 0 aliphatic heterocycles. The van der Waals surface area contributed by atoms with Crippen LogP contribution in [0.1, 0.15) is 17.9 Å². The molecule has 0 amide bonds. The fraction of sp³-hybridized carbons (Fsp3) is 0.231. The van der Waals surface area contributed by atoms with Crippen molar-refractivity contribution in [2.24, 2.45) is 5.73 Å². The van der Waals surface area contributed by atoms with Crippen LogP contribution in [0.3, 0.4) is 0 Å². The van der Waals surface area contributed by atoms with Crippen molar-refractivity contribution in [2.45, 2.75) is 19.1 Å². The van der Waals surface area contributed by atoms with Gasteiger partial charge in [-0.1, -0.05) is 18.2 Å². The quantitative estimate of drug-likeness (QED) is 0.927. The summed E-state index contributed by atoms with van der Waals surface area (Å²) in [5.41, 5.74) is 5.99. The molecule has 4 heteroatoms. The lowest BCUT2D eigenvalue weighted by Crippen LogP contribution is -2.28. The summed E-state index contributed by atoms with van der Waals surface area (Å²) in [6.45, 7) is 1.96. The fourth-order valence-corrected chi connectivity index (χ4v) is 2.80. The third kappa shape index (κ3) is 3.09. The Kier molecular flexibility index (Phi) is 4.20. The molecule has 0 aliphatic rings. The standard InChI is InChI=1S/C13H14BrNOS/c1-9(15)13(12-7-4-8-17-12)16-11-6-3-2-5-10(11)14/h2-9,13H,15H2,1H3. The largest absolute Gasteiger partial charge is 0.482 e. The number of ether oxygens (including phenoxy) is 1. The highest BCUT2D eigenvalue weighted by molar-refractivity contribution is 9.10. The van der Waals surface area contributed by atoms with Crippen molar-refractivity contribution in [1.82, 2.24) is 0 Å². The lowest BCUT2D eigenvalue weighted by Gasteiger charge is -2.22. The smallest absolute Gasteiger partial charge is 0.148 e. The number of benzene rings is 1. The van der Waals surface area contributed by atoms with Gasteiger partial charge < -0.3 is 10.5 Å². The summed E-state index contributed by atoms with van der Waals surface area (Å²) >= 11 is 5.14. The lowest BCUT2D eigenvalue weighted by atomic mass is 10.1. The Labute approximate surface area is 114 Å². The second-order valence-electron chi connectivity index (χ2n) is 3.84. The first-order valence-corrected chi connectivity index (χ1v) is 7.06. The second kappa shape index (κ2) is 5.67. The van der Waals surface area contributed by atoms with Crippen molar-refractivity contribution in [3.63, 3.8) is 0 Å². The van der Waals surface area contributed by atoms with Gasteiger partial charge >= 0.3 is 0 Å². The number of rotatable bonds is 4. The third-order valence-electron chi connectivity index (χ3n) is 2.39. The monoisotopic (exact) mass is 311 g/mol. The minimum atomic E-state index is -0.103. The molecule has 2 unspecified atom stereocenters. The van der Waals surface area contributed by atoms with Crippen LogP contribution in [0.15, 0.2) is 46.3 Å². The molecule has 0 aliphatic carbocycles. The Hall–Kier alpha value is -0.840. The number of hydrogen-bond acceptors (Lipinski definition) is 3.